The first kappa shape index (κ1) is 18.5. The molecule has 1 fully saturated rings. The Kier molecular flexibility index (Phi) is 6.30. The van der Waals surface area contributed by atoms with Gasteiger partial charge in [-0.15, -0.1) is 0 Å². The third kappa shape index (κ3) is 4.86. The van der Waals surface area contributed by atoms with Crippen molar-refractivity contribution in [3.63, 3.8) is 0 Å². The zero-order valence-electron chi connectivity index (χ0n) is 14.5. The topological polar surface area (TPSA) is 32.8 Å². The van der Waals surface area contributed by atoms with E-state index in [1.807, 2.05) is 0 Å². The molecule has 0 unspecified atom stereocenters. The lowest BCUT2D eigenvalue weighted by Crippen LogP contribution is -2.43. The summed E-state index contributed by atoms with van der Waals surface area (Å²) in [5, 5.41) is 0. The summed E-state index contributed by atoms with van der Waals surface area (Å²) in [6, 6.07) is 12.1. The van der Waals surface area contributed by atoms with Crippen molar-refractivity contribution in [3.8, 4) is 0 Å². The lowest BCUT2D eigenvalue weighted by molar-refractivity contribution is 0.0319. The summed E-state index contributed by atoms with van der Waals surface area (Å²) >= 11 is 0. The quantitative estimate of drug-likeness (QED) is 0.794. The molecule has 1 aliphatic heterocycles. The van der Waals surface area contributed by atoms with Gasteiger partial charge in [-0.05, 0) is 29.8 Å². The van der Waals surface area contributed by atoms with Crippen LogP contribution in [0.15, 0.2) is 48.5 Å². The predicted molar refractivity (Wildman–Crippen MR) is 94.8 cm³/mol. The van der Waals surface area contributed by atoms with Crippen LogP contribution in [0.25, 0.3) is 0 Å². The van der Waals surface area contributed by atoms with Gasteiger partial charge in [0.15, 0.2) is 0 Å². The van der Waals surface area contributed by atoms with Crippen molar-refractivity contribution < 1.29 is 18.3 Å². The van der Waals surface area contributed by atoms with Gasteiger partial charge in [-0.3, -0.25) is 9.69 Å². The minimum absolute atomic E-state index is 0.0332. The lowest BCUT2D eigenvalue weighted by Gasteiger charge is -2.30. The molecule has 0 atom stereocenters. The van der Waals surface area contributed by atoms with Crippen LogP contribution in [-0.2, 0) is 11.3 Å². The molecule has 2 aromatic carbocycles. The average molecular weight is 360 g/mol. The average Bonchev–Trinajstić information content (AvgIpc) is 2.66. The molecule has 0 radical (unpaired) electrons. The van der Waals surface area contributed by atoms with Crippen molar-refractivity contribution in [2.75, 3.05) is 39.4 Å². The lowest BCUT2D eigenvalue weighted by atomic mass is 10.1. The van der Waals surface area contributed by atoms with Gasteiger partial charge in [-0.2, -0.15) is 0 Å². The Morgan fingerprint density at radius 3 is 2.58 bits per heavy atom. The van der Waals surface area contributed by atoms with Crippen LogP contribution >= 0.6 is 0 Å². The molecule has 0 spiro atoms. The van der Waals surface area contributed by atoms with E-state index in [4.69, 9.17) is 4.74 Å². The second kappa shape index (κ2) is 8.87. The van der Waals surface area contributed by atoms with Crippen LogP contribution in [0.5, 0.6) is 0 Å². The number of ether oxygens (including phenoxy) is 1. The van der Waals surface area contributed by atoms with Crippen LogP contribution in [0.1, 0.15) is 15.9 Å². The van der Waals surface area contributed by atoms with E-state index < -0.39 is 5.82 Å². The van der Waals surface area contributed by atoms with E-state index in [2.05, 4.69) is 4.90 Å². The molecule has 0 aliphatic carbocycles. The fraction of sp³-hybridized carbons (Fsp3) is 0.350. The second-order valence-corrected chi connectivity index (χ2v) is 6.29. The van der Waals surface area contributed by atoms with Crippen molar-refractivity contribution in [2.24, 2.45) is 0 Å². The van der Waals surface area contributed by atoms with Gasteiger partial charge in [-0.1, -0.05) is 24.3 Å². The Labute approximate surface area is 152 Å². The van der Waals surface area contributed by atoms with Crippen molar-refractivity contribution in [3.05, 3.63) is 71.3 Å². The maximum absolute atomic E-state index is 14.1. The van der Waals surface area contributed by atoms with Gasteiger partial charge >= 0.3 is 0 Å². The number of hydrogen-bond acceptors (Lipinski definition) is 3. The first-order chi connectivity index (χ1) is 12.6. The van der Waals surface area contributed by atoms with Crippen molar-refractivity contribution >= 4 is 5.91 Å². The molecule has 0 bridgehead atoms. The molecule has 26 heavy (non-hydrogen) atoms. The molecule has 138 valence electrons. The Balaban J connectivity index is 1.75. The summed E-state index contributed by atoms with van der Waals surface area (Å²) in [6.07, 6.45) is 0. The molecule has 4 nitrogen and oxygen atoms in total. The van der Waals surface area contributed by atoms with Crippen molar-refractivity contribution in [1.29, 1.82) is 0 Å². The highest BCUT2D eigenvalue weighted by Crippen LogP contribution is 2.14. The number of morpholine rings is 1. The molecule has 1 heterocycles. The molecular weight excluding hydrogens is 338 g/mol. The van der Waals surface area contributed by atoms with E-state index in [0.717, 1.165) is 13.1 Å². The standard InChI is InChI=1S/C20H22F2N2O2/c21-17-5-3-4-16(14-17)15-24(9-8-23-10-12-26-13-11-23)20(25)18-6-1-2-7-19(18)22/h1-7,14H,8-13,15H2. The fourth-order valence-corrected chi connectivity index (χ4v) is 3.00. The fourth-order valence-electron chi connectivity index (χ4n) is 3.00. The van der Waals surface area contributed by atoms with Gasteiger partial charge in [-0.25, -0.2) is 8.78 Å². The number of amides is 1. The summed E-state index contributed by atoms with van der Waals surface area (Å²) in [4.78, 5) is 16.7. The molecule has 0 N–H and O–H groups in total. The summed E-state index contributed by atoms with van der Waals surface area (Å²) in [6.45, 7) is 4.29. The smallest absolute Gasteiger partial charge is 0.257 e. The highest BCUT2D eigenvalue weighted by molar-refractivity contribution is 5.94. The SMILES string of the molecule is O=C(c1ccccc1F)N(CCN1CCOCC1)Cc1cccc(F)c1. The number of benzene rings is 2. The number of carbonyl (C=O) groups excluding carboxylic acids is 1. The van der Waals surface area contributed by atoms with Crippen molar-refractivity contribution in [2.45, 2.75) is 6.54 Å². The highest BCUT2D eigenvalue weighted by Gasteiger charge is 2.21. The van der Waals surface area contributed by atoms with Crippen molar-refractivity contribution in [1.82, 2.24) is 9.80 Å². The first-order valence-corrected chi connectivity index (χ1v) is 8.72. The second-order valence-electron chi connectivity index (χ2n) is 6.29. The molecule has 2 aromatic rings. The minimum Gasteiger partial charge on any atom is -0.379 e. The largest absolute Gasteiger partial charge is 0.379 e. The summed E-state index contributed by atoms with van der Waals surface area (Å²) in [5.74, 6) is -1.29. The van der Waals surface area contributed by atoms with Gasteiger partial charge in [0.2, 0.25) is 0 Å². The molecule has 0 aromatic heterocycles. The summed E-state index contributed by atoms with van der Waals surface area (Å²) in [7, 11) is 0. The van der Waals surface area contributed by atoms with Gasteiger partial charge < -0.3 is 9.64 Å². The van der Waals surface area contributed by atoms with Gasteiger partial charge in [0, 0.05) is 32.7 Å². The maximum atomic E-state index is 14.1. The van der Waals surface area contributed by atoms with E-state index >= 15 is 0 Å². The third-order valence-corrected chi connectivity index (χ3v) is 4.44. The molecular formula is C20H22F2N2O2. The molecule has 1 amide bonds. The Morgan fingerprint density at radius 2 is 1.85 bits per heavy atom. The van der Waals surface area contributed by atoms with Crippen LogP contribution in [0.3, 0.4) is 0 Å². The number of rotatable bonds is 6. The normalized spacial score (nSPS) is 15.0. The monoisotopic (exact) mass is 360 g/mol. The molecule has 3 rings (SSSR count). The molecule has 1 aliphatic rings. The Hall–Kier alpha value is -2.31. The molecule has 0 saturated carbocycles. The van der Waals surface area contributed by atoms with Gasteiger partial charge in [0.1, 0.15) is 11.6 Å². The predicted octanol–water partition coefficient (Wildman–Crippen LogP) is 2.94. The molecule has 1 saturated heterocycles. The molecule has 6 heteroatoms. The Bertz CT molecular complexity index is 748. The summed E-state index contributed by atoms with van der Waals surface area (Å²) < 4.78 is 32.9. The Morgan fingerprint density at radius 1 is 1.08 bits per heavy atom. The zero-order chi connectivity index (χ0) is 18.4. The van der Waals surface area contributed by atoms with Crippen LogP contribution in [0.4, 0.5) is 8.78 Å². The van der Waals surface area contributed by atoms with Crippen LogP contribution in [-0.4, -0.2) is 55.1 Å². The van der Waals surface area contributed by atoms with Gasteiger partial charge in [0.25, 0.3) is 5.91 Å². The van der Waals surface area contributed by atoms with Crippen LogP contribution in [0.2, 0.25) is 0 Å². The number of nitrogens with zero attached hydrogens (tertiary/aromatic N) is 2. The van der Waals surface area contributed by atoms with Crippen LogP contribution in [0, 0.1) is 11.6 Å². The van der Waals surface area contributed by atoms with E-state index in [1.54, 1.807) is 29.2 Å². The van der Waals surface area contributed by atoms with E-state index in [0.29, 0.717) is 31.9 Å². The maximum Gasteiger partial charge on any atom is 0.257 e. The van der Waals surface area contributed by atoms with Gasteiger partial charge in [0.05, 0.1) is 18.8 Å². The zero-order valence-corrected chi connectivity index (χ0v) is 14.5. The third-order valence-electron chi connectivity index (χ3n) is 4.44. The van der Waals surface area contributed by atoms with Crippen LogP contribution < -0.4 is 0 Å². The van der Waals surface area contributed by atoms with E-state index in [1.165, 1.54) is 24.3 Å². The first-order valence-electron chi connectivity index (χ1n) is 8.72. The number of hydrogen-bond donors (Lipinski definition) is 0. The summed E-state index contributed by atoms with van der Waals surface area (Å²) in [5.41, 5.74) is 0.711. The highest BCUT2D eigenvalue weighted by atomic mass is 19.1. The van der Waals surface area contributed by atoms with E-state index in [9.17, 15) is 13.6 Å². The number of halogens is 2. The minimum atomic E-state index is -0.548. The van der Waals surface area contributed by atoms with E-state index in [-0.39, 0.29) is 23.8 Å². The number of carbonyl (C=O) groups is 1.